The van der Waals surface area contributed by atoms with Gasteiger partial charge in [0.2, 0.25) is 5.91 Å². The van der Waals surface area contributed by atoms with Gasteiger partial charge in [0, 0.05) is 50.0 Å². The fourth-order valence-electron chi connectivity index (χ4n) is 4.82. The highest BCUT2D eigenvalue weighted by Gasteiger charge is 2.29. The minimum absolute atomic E-state index is 0. The highest BCUT2D eigenvalue weighted by Crippen LogP contribution is 2.31. The fourth-order valence-corrected chi connectivity index (χ4v) is 4.82. The molecule has 3 N–H and O–H groups in total. The summed E-state index contributed by atoms with van der Waals surface area (Å²) in [5, 5.41) is 14.7. The van der Waals surface area contributed by atoms with Gasteiger partial charge in [-0.05, 0) is 43.5 Å². The molecule has 52 heavy (non-hydrogen) atoms. The van der Waals surface area contributed by atoms with E-state index in [4.69, 9.17) is 19.9 Å². The molecule has 0 aliphatic carbocycles. The number of hydrogen-bond acceptors (Lipinski definition) is 10. The van der Waals surface area contributed by atoms with Gasteiger partial charge in [-0.2, -0.15) is 5.10 Å². The molecule has 0 saturated carbocycles. The topological polar surface area (TPSA) is 176 Å². The van der Waals surface area contributed by atoms with Crippen molar-refractivity contribution in [3.8, 4) is 11.5 Å². The quantitative estimate of drug-likeness (QED) is 0.0161. The van der Waals surface area contributed by atoms with Crippen LogP contribution in [0.1, 0.15) is 74.7 Å². The van der Waals surface area contributed by atoms with Crippen LogP contribution in [0.5, 0.6) is 11.5 Å². The number of ether oxygens (including phenoxy) is 3. The average Bonchev–Trinajstić information content (AvgIpc) is 3.53. The van der Waals surface area contributed by atoms with Crippen molar-refractivity contribution in [1.82, 2.24) is 10.3 Å². The number of hydrazone groups is 1. The van der Waals surface area contributed by atoms with E-state index >= 15 is 0 Å². The van der Waals surface area contributed by atoms with Gasteiger partial charge >= 0.3 is 12.1 Å². The minimum atomic E-state index is -2.77. The third kappa shape index (κ3) is 14.5. The zero-order valence-corrected chi connectivity index (χ0v) is 28.0. The number of nitro groups is 1. The Balaban J connectivity index is 0.000000610. The SMILES string of the molecule is C.C=CCC(F)(F)c1ccccc1.N/C(CCCCCCN1CCCC1=O)=N\NCOC(=O)c1ccccc1OC(=O)Oc1ccc([N+](=O)[O-])cc1. The van der Waals surface area contributed by atoms with Crippen LogP contribution in [0.4, 0.5) is 19.3 Å². The van der Waals surface area contributed by atoms with E-state index in [1.807, 2.05) is 4.90 Å². The molecule has 1 aliphatic rings. The molecule has 0 atom stereocenters. The molecule has 1 saturated heterocycles. The summed E-state index contributed by atoms with van der Waals surface area (Å²) in [4.78, 5) is 48.3. The Morgan fingerprint density at radius 1 is 1.00 bits per heavy atom. The number of non-ortho nitro benzene ring substituents is 1. The van der Waals surface area contributed by atoms with E-state index in [1.54, 1.807) is 30.3 Å². The molecule has 1 heterocycles. The molecule has 13 nitrogen and oxygen atoms in total. The van der Waals surface area contributed by atoms with E-state index in [-0.39, 0.29) is 54.8 Å². The largest absolute Gasteiger partial charge is 0.519 e. The van der Waals surface area contributed by atoms with E-state index in [0.29, 0.717) is 18.7 Å². The number of hydrogen-bond donors (Lipinski definition) is 2. The van der Waals surface area contributed by atoms with Crippen LogP contribution in [-0.4, -0.2) is 53.5 Å². The van der Waals surface area contributed by atoms with Gasteiger partial charge in [-0.1, -0.05) is 68.8 Å². The van der Waals surface area contributed by atoms with Crippen LogP contribution in [0.25, 0.3) is 0 Å². The first-order chi connectivity index (χ1) is 24.5. The second-order valence-electron chi connectivity index (χ2n) is 11.3. The number of nitrogens with one attached hydrogen (secondary N) is 1. The number of para-hydroxylation sites is 1. The third-order valence-electron chi connectivity index (χ3n) is 7.42. The summed E-state index contributed by atoms with van der Waals surface area (Å²) >= 11 is 0. The molecule has 0 aromatic heterocycles. The lowest BCUT2D eigenvalue weighted by molar-refractivity contribution is -0.384. The number of rotatable bonds is 17. The van der Waals surface area contributed by atoms with Gasteiger partial charge in [0.25, 0.3) is 11.6 Å². The second-order valence-corrected chi connectivity index (χ2v) is 11.3. The first-order valence-electron chi connectivity index (χ1n) is 16.3. The number of amidine groups is 1. The van der Waals surface area contributed by atoms with Crippen molar-refractivity contribution in [3.05, 3.63) is 113 Å². The molecule has 1 fully saturated rings. The molecule has 15 heteroatoms. The molecule has 0 bridgehead atoms. The summed E-state index contributed by atoms with van der Waals surface area (Å²) in [7, 11) is 0. The number of nitrogens with two attached hydrogens (primary N) is 1. The van der Waals surface area contributed by atoms with Crippen LogP contribution in [0.3, 0.4) is 0 Å². The fraction of sp³-hybridized carbons (Fsp3) is 0.351. The second kappa shape index (κ2) is 22.1. The Hall–Kier alpha value is -5.86. The van der Waals surface area contributed by atoms with Gasteiger partial charge in [0.1, 0.15) is 22.9 Å². The van der Waals surface area contributed by atoms with Crippen LogP contribution in [-0.2, 0) is 15.5 Å². The maximum absolute atomic E-state index is 13.1. The molecule has 280 valence electrons. The lowest BCUT2D eigenvalue weighted by Gasteiger charge is -2.14. The number of benzene rings is 3. The van der Waals surface area contributed by atoms with Crippen molar-refractivity contribution in [3.63, 3.8) is 0 Å². The van der Waals surface area contributed by atoms with Crippen LogP contribution in [0, 0.1) is 10.1 Å². The predicted octanol–water partition coefficient (Wildman–Crippen LogP) is 7.71. The van der Waals surface area contributed by atoms with E-state index < -0.39 is 23.0 Å². The first-order valence-corrected chi connectivity index (χ1v) is 16.3. The standard InChI is InChI=1S/C26H31N5O8.C10H10F2.CH4/c27-23(10-3-1-2-6-16-30-17-7-11-24(30)32)29-28-18-37-25(33)21-8-4-5-9-22(21)39-26(34)38-20-14-12-19(13-15-20)31(35)36;1-2-8-10(11,12)9-6-4-3-5-7-9;/h4-5,8-9,12-15,28H,1-3,6-7,10-11,16-18H2,(H2,27,29);2-7H,1,8H2;1H4. The van der Waals surface area contributed by atoms with Crippen molar-refractivity contribution in [1.29, 1.82) is 0 Å². The van der Waals surface area contributed by atoms with Crippen molar-refractivity contribution in [2.75, 3.05) is 19.8 Å². The Morgan fingerprint density at radius 2 is 1.67 bits per heavy atom. The number of halogens is 2. The average molecular weight is 726 g/mol. The number of alkyl halides is 2. The van der Waals surface area contributed by atoms with Crippen LogP contribution < -0.4 is 20.6 Å². The van der Waals surface area contributed by atoms with E-state index in [1.165, 1.54) is 54.6 Å². The Kier molecular flexibility index (Phi) is 17.9. The highest BCUT2D eigenvalue weighted by atomic mass is 19.3. The Bertz CT molecular complexity index is 1640. The van der Waals surface area contributed by atoms with Gasteiger partial charge in [0.05, 0.1) is 4.92 Å². The first kappa shape index (κ1) is 42.3. The lowest BCUT2D eigenvalue weighted by Crippen LogP contribution is -2.25. The summed E-state index contributed by atoms with van der Waals surface area (Å²) in [6, 6.07) is 18.5. The summed E-state index contributed by atoms with van der Waals surface area (Å²) in [5.41, 5.74) is 8.33. The Labute approximate surface area is 301 Å². The molecule has 1 amide bonds. The number of carbonyl (C=O) groups excluding carboxylic acids is 3. The van der Waals surface area contributed by atoms with E-state index in [0.717, 1.165) is 45.2 Å². The van der Waals surface area contributed by atoms with Gasteiger partial charge in [-0.25, -0.2) is 18.4 Å². The lowest BCUT2D eigenvalue weighted by atomic mass is 10.1. The van der Waals surface area contributed by atoms with Gasteiger partial charge in [-0.3, -0.25) is 20.3 Å². The maximum atomic E-state index is 13.1. The number of carbonyl (C=O) groups is 3. The number of allylic oxidation sites excluding steroid dienone is 1. The van der Waals surface area contributed by atoms with E-state index in [2.05, 4.69) is 17.1 Å². The van der Waals surface area contributed by atoms with Crippen molar-refractivity contribution >= 4 is 29.6 Å². The molecular weight excluding hydrogens is 680 g/mol. The molecule has 0 unspecified atom stereocenters. The van der Waals surface area contributed by atoms with Gasteiger partial charge in [0.15, 0.2) is 6.73 Å². The van der Waals surface area contributed by atoms with Crippen LogP contribution in [0.15, 0.2) is 96.6 Å². The predicted molar refractivity (Wildman–Crippen MR) is 192 cm³/mol. The molecule has 0 radical (unpaired) electrons. The summed E-state index contributed by atoms with van der Waals surface area (Å²) in [6.07, 6.45) is 5.78. The number of unbranched alkanes of at least 4 members (excludes halogenated alkanes) is 3. The zero-order valence-electron chi connectivity index (χ0n) is 28.0. The molecule has 1 aliphatic heterocycles. The number of amides is 1. The van der Waals surface area contributed by atoms with Gasteiger partial charge in [-0.15, -0.1) is 6.58 Å². The molecule has 3 aromatic rings. The summed E-state index contributed by atoms with van der Waals surface area (Å²) in [5.74, 6) is -2.99. The number of esters is 1. The maximum Gasteiger partial charge on any atom is 0.519 e. The zero-order chi connectivity index (χ0) is 37.1. The highest BCUT2D eigenvalue weighted by molar-refractivity contribution is 5.93. The number of nitrogens with zero attached hydrogens (tertiary/aromatic N) is 3. The molecule has 4 rings (SSSR count). The third-order valence-corrected chi connectivity index (χ3v) is 7.42. The van der Waals surface area contributed by atoms with Crippen LogP contribution >= 0.6 is 0 Å². The molecule has 0 spiro atoms. The van der Waals surface area contributed by atoms with Crippen molar-refractivity contribution < 1.29 is 42.3 Å². The Morgan fingerprint density at radius 3 is 2.33 bits per heavy atom. The number of nitro benzene ring substituents is 1. The van der Waals surface area contributed by atoms with Crippen molar-refractivity contribution in [2.24, 2.45) is 10.8 Å². The normalized spacial score (nSPS) is 12.5. The van der Waals surface area contributed by atoms with E-state index in [9.17, 15) is 33.3 Å². The molecular formula is C37H45F2N5O8. The van der Waals surface area contributed by atoms with Crippen LogP contribution in [0.2, 0.25) is 0 Å². The monoisotopic (exact) mass is 725 g/mol. The summed E-state index contributed by atoms with van der Waals surface area (Å²) < 4.78 is 41.4. The van der Waals surface area contributed by atoms with Crippen molar-refractivity contribution in [2.45, 2.75) is 64.7 Å². The number of likely N-dealkylation sites (tertiary alicyclic amines) is 1. The summed E-state index contributed by atoms with van der Waals surface area (Å²) in [6.45, 7) is 4.71. The van der Waals surface area contributed by atoms with Gasteiger partial charge < -0.3 is 24.8 Å². The minimum Gasteiger partial charge on any atom is -0.439 e. The smallest absolute Gasteiger partial charge is 0.439 e. The molecule has 3 aromatic carbocycles.